The van der Waals surface area contributed by atoms with E-state index >= 15 is 0 Å². The first-order chi connectivity index (χ1) is 7.13. The zero-order chi connectivity index (χ0) is 11.0. The third-order valence-electron chi connectivity index (χ3n) is 2.74. The highest BCUT2D eigenvalue weighted by molar-refractivity contribution is 5.68. The number of carbonyl (C=O) groups is 1. The Morgan fingerprint density at radius 2 is 2.20 bits per heavy atom. The second-order valence-corrected chi connectivity index (χ2v) is 3.70. The smallest absolute Gasteiger partial charge is 0.407 e. The van der Waals surface area contributed by atoms with E-state index in [0.717, 1.165) is 0 Å². The van der Waals surface area contributed by atoms with Crippen molar-refractivity contribution in [3.8, 4) is 0 Å². The summed E-state index contributed by atoms with van der Waals surface area (Å²) in [5.41, 5.74) is 5.38. The molecule has 5 atom stereocenters. The molecule has 0 aliphatic carbocycles. The van der Waals surface area contributed by atoms with Gasteiger partial charge < -0.3 is 30.7 Å². The van der Waals surface area contributed by atoms with E-state index in [0.29, 0.717) is 0 Å². The maximum atomic E-state index is 10.9. The van der Waals surface area contributed by atoms with Crippen molar-refractivity contribution in [1.29, 1.82) is 0 Å². The predicted octanol–water partition coefficient (Wildman–Crippen LogP) is -2.46. The van der Waals surface area contributed by atoms with E-state index < -0.39 is 36.6 Å². The number of nitrogens with one attached hydrogen (secondary N) is 1. The zero-order valence-corrected chi connectivity index (χ0v) is 8.00. The molecule has 1 amide bonds. The summed E-state index contributed by atoms with van der Waals surface area (Å²) in [6.07, 6.45) is -3.87. The van der Waals surface area contributed by atoms with Gasteiger partial charge in [-0.25, -0.2) is 4.79 Å². The lowest BCUT2D eigenvalue weighted by molar-refractivity contribution is -0.196. The van der Waals surface area contributed by atoms with Crippen molar-refractivity contribution in [2.24, 2.45) is 5.73 Å². The van der Waals surface area contributed by atoms with Crippen molar-refractivity contribution >= 4 is 6.09 Å². The first-order valence-corrected chi connectivity index (χ1v) is 4.78. The van der Waals surface area contributed by atoms with Crippen molar-refractivity contribution in [1.82, 2.24) is 5.32 Å². The van der Waals surface area contributed by atoms with E-state index in [1.165, 1.54) is 0 Å². The van der Waals surface area contributed by atoms with Crippen LogP contribution in [0.25, 0.3) is 0 Å². The Morgan fingerprint density at radius 1 is 1.47 bits per heavy atom. The monoisotopic (exact) mass is 218 g/mol. The largest absolute Gasteiger partial charge is 0.447 e. The number of amides is 1. The van der Waals surface area contributed by atoms with Gasteiger partial charge >= 0.3 is 6.09 Å². The van der Waals surface area contributed by atoms with Crippen LogP contribution < -0.4 is 11.1 Å². The molecule has 0 saturated carbocycles. The van der Waals surface area contributed by atoms with Crippen LogP contribution in [-0.4, -0.2) is 59.9 Å². The predicted molar refractivity (Wildman–Crippen MR) is 48.0 cm³/mol. The van der Waals surface area contributed by atoms with Crippen molar-refractivity contribution in [3.05, 3.63) is 0 Å². The van der Waals surface area contributed by atoms with Gasteiger partial charge in [0.15, 0.2) is 0 Å². The van der Waals surface area contributed by atoms with Gasteiger partial charge in [0.25, 0.3) is 0 Å². The average Bonchev–Trinajstić information content (AvgIpc) is 2.24. The molecule has 0 bridgehead atoms. The topological polar surface area (TPSA) is 114 Å². The van der Waals surface area contributed by atoms with Gasteiger partial charge in [0.2, 0.25) is 0 Å². The average molecular weight is 218 g/mol. The first-order valence-electron chi connectivity index (χ1n) is 4.78. The molecule has 2 rings (SSSR count). The molecule has 2 heterocycles. The molecular formula is C8H14N2O5. The van der Waals surface area contributed by atoms with Crippen LogP contribution in [0.5, 0.6) is 0 Å². The molecule has 2 fully saturated rings. The Balaban J connectivity index is 2.11. The van der Waals surface area contributed by atoms with E-state index in [4.69, 9.17) is 15.2 Å². The number of aliphatic hydroxyl groups is 2. The summed E-state index contributed by atoms with van der Waals surface area (Å²) in [6.45, 7) is 0.173. The summed E-state index contributed by atoms with van der Waals surface area (Å²) in [5.74, 6) is 0. The molecule has 0 aromatic carbocycles. The molecule has 86 valence electrons. The Kier molecular flexibility index (Phi) is 2.79. The molecule has 7 nitrogen and oxygen atoms in total. The number of alkyl carbamates (subject to hydrolysis) is 1. The van der Waals surface area contributed by atoms with Gasteiger partial charge in [-0.2, -0.15) is 0 Å². The Hall–Kier alpha value is -0.890. The minimum absolute atomic E-state index is 0.0663. The second-order valence-electron chi connectivity index (χ2n) is 3.70. The van der Waals surface area contributed by atoms with Crippen molar-refractivity contribution in [3.63, 3.8) is 0 Å². The third-order valence-corrected chi connectivity index (χ3v) is 2.74. The molecule has 5 N–H and O–H groups in total. The maximum absolute atomic E-state index is 10.9. The molecule has 2 aliphatic rings. The fraction of sp³-hybridized carbons (Fsp3) is 0.875. The minimum Gasteiger partial charge on any atom is -0.447 e. The van der Waals surface area contributed by atoms with Crippen LogP contribution in [0.2, 0.25) is 0 Å². The second kappa shape index (κ2) is 3.93. The van der Waals surface area contributed by atoms with Crippen LogP contribution in [0, 0.1) is 0 Å². The molecule has 2 aliphatic heterocycles. The number of cyclic esters (lactones) is 1. The maximum Gasteiger partial charge on any atom is 0.407 e. The SMILES string of the molecule is NCC1OC2COC(=O)NC2C(O)C1O. The molecule has 5 unspecified atom stereocenters. The van der Waals surface area contributed by atoms with E-state index in [-0.39, 0.29) is 13.2 Å². The summed E-state index contributed by atoms with van der Waals surface area (Å²) in [7, 11) is 0. The lowest BCUT2D eigenvalue weighted by Gasteiger charge is -2.44. The van der Waals surface area contributed by atoms with Gasteiger partial charge in [0, 0.05) is 6.54 Å². The molecule has 7 heteroatoms. The van der Waals surface area contributed by atoms with E-state index in [1.54, 1.807) is 0 Å². The van der Waals surface area contributed by atoms with Gasteiger partial charge in [0.1, 0.15) is 24.9 Å². The highest BCUT2D eigenvalue weighted by Gasteiger charge is 2.47. The highest BCUT2D eigenvalue weighted by Crippen LogP contribution is 2.23. The number of fused-ring (bicyclic) bond motifs is 1. The Labute approximate surface area is 86.1 Å². The van der Waals surface area contributed by atoms with Gasteiger partial charge in [0.05, 0.1) is 12.1 Å². The summed E-state index contributed by atoms with van der Waals surface area (Å²) in [4.78, 5) is 10.9. The van der Waals surface area contributed by atoms with Crippen LogP contribution in [0.4, 0.5) is 4.79 Å². The standard InChI is InChI=1S/C8H14N2O5/c9-1-3-6(11)7(12)5-4(15-3)2-14-8(13)10-5/h3-7,11-12H,1-2,9H2,(H,10,13). The number of aliphatic hydroxyl groups excluding tert-OH is 2. The molecule has 0 radical (unpaired) electrons. The first kappa shape index (κ1) is 10.6. The molecule has 0 aromatic heterocycles. The normalized spacial score (nSPS) is 45.3. The fourth-order valence-corrected chi connectivity index (χ4v) is 1.89. The molecule has 15 heavy (non-hydrogen) atoms. The summed E-state index contributed by atoms with van der Waals surface area (Å²) in [6, 6.07) is -0.635. The quantitative estimate of drug-likeness (QED) is 0.388. The number of ether oxygens (including phenoxy) is 2. The van der Waals surface area contributed by atoms with Gasteiger partial charge in [-0.05, 0) is 0 Å². The molecule has 2 saturated heterocycles. The van der Waals surface area contributed by atoms with Crippen molar-refractivity contribution < 1.29 is 24.5 Å². The summed E-state index contributed by atoms with van der Waals surface area (Å²) < 4.78 is 10.1. The lowest BCUT2D eigenvalue weighted by atomic mass is 9.92. The lowest BCUT2D eigenvalue weighted by Crippen LogP contribution is -2.68. The number of carbonyl (C=O) groups excluding carboxylic acids is 1. The minimum atomic E-state index is -1.09. The molecule has 0 spiro atoms. The Bertz CT molecular complexity index is 259. The fourth-order valence-electron chi connectivity index (χ4n) is 1.89. The van der Waals surface area contributed by atoms with Crippen LogP contribution in [-0.2, 0) is 9.47 Å². The van der Waals surface area contributed by atoms with E-state index in [1.807, 2.05) is 0 Å². The van der Waals surface area contributed by atoms with Gasteiger partial charge in [-0.3, -0.25) is 0 Å². The summed E-state index contributed by atoms with van der Waals surface area (Å²) in [5, 5.41) is 21.8. The third kappa shape index (κ3) is 1.78. The number of hydrogen-bond donors (Lipinski definition) is 4. The van der Waals surface area contributed by atoms with Crippen molar-refractivity contribution in [2.75, 3.05) is 13.2 Å². The Morgan fingerprint density at radius 3 is 2.87 bits per heavy atom. The zero-order valence-electron chi connectivity index (χ0n) is 8.00. The van der Waals surface area contributed by atoms with Crippen LogP contribution in [0.3, 0.4) is 0 Å². The summed E-state index contributed by atoms with van der Waals surface area (Å²) >= 11 is 0. The van der Waals surface area contributed by atoms with E-state index in [9.17, 15) is 15.0 Å². The highest BCUT2D eigenvalue weighted by atomic mass is 16.6. The van der Waals surface area contributed by atoms with Gasteiger partial charge in [-0.15, -0.1) is 0 Å². The molecular weight excluding hydrogens is 204 g/mol. The van der Waals surface area contributed by atoms with E-state index in [2.05, 4.69) is 5.32 Å². The van der Waals surface area contributed by atoms with Crippen LogP contribution in [0.15, 0.2) is 0 Å². The number of hydrogen-bond acceptors (Lipinski definition) is 6. The van der Waals surface area contributed by atoms with Gasteiger partial charge in [-0.1, -0.05) is 0 Å². The molecule has 0 aromatic rings. The number of rotatable bonds is 1. The van der Waals surface area contributed by atoms with Crippen molar-refractivity contribution in [2.45, 2.75) is 30.5 Å². The van der Waals surface area contributed by atoms with Crippen LogP contribution >= 0.6 is 0 Å². The van der Waals surface area contributed by atoms with Crippen LogP contribution in [0.1, 0.15) is 0 Å². The number of nitrogens with two attached hydrogens (primary N) is 1.